The zero-order chi connectivity index (χ0) is 22.2. The fraction of sp³-hybridized carbons (Fsp3) is 0.609. The molecule has 9 heteroatoms. The lowest BCUT2D eigenvalue weighted by atomic mass is 9.96. The van der Waals surface area contributed by atoms with Gasteiger partial charge in [0.05, 0.1) is 12.1 Å². The molecule has 1 aromatic heterocycles. The van der Waals surface area contributed by atoms with E-state index in [1.807, 2.05) is 10.7 Å². The number of ether oxygens (including phenoxy) is 1. The SMILES string of the molecule is NC1CNCC(c2ncn(C(CCOc3cccc(CN4CCCCC4)c3)NC=S)n2)C1. The van der Waals surface area contributed by atoms with Gasteiger partial charge < -0.3 is 21.1 Å². The number of hydrogen-bond donors (Lipinski definition) is 3. The van der Waals surface area contributed by atoms with Gasteiger partial charge in [-0.15, -0.1) is 0 Å². The summed E-state index contributed by atoms with van der Waals surface area (Å²) in [4.78, 5) is 7.06. The van der Waals surface area contributed by atoms with Gasteiger partial charge in [-0.3, -0.25) is 4.90 Å². The van der Waals surface area contributed by atoms with Crippen LogP contribution in [0, 0.1) is 0 Å². The van der Waals surface area contributed by atoms with Gasteiger partial charge in [0.25, 0.3) is 0 Å². The first-order valence-corrected chi connectivity index (χ1v) is 12.2. The third-order valence-electron chi connectivity index (χ3n) is 6.27. The van der Waals surface area contributed by atoms with Crippen molar-refractivity contribution in [1.82, 2.24) is 30.3 Å². The van der Waals surface area contributed by atoms with Gasteiger partial charge >= 0.3 is 0 Å². The van der Waals surface area contributed by atoms with Crippen LogP contribution in [0.1, 0.15) is 55.6 Å². The minimum Gasteiger partial charge on any atom is -0.493 e. The lowest BCUT2D eigenvalue weighted by molar-refractivity contribution is 0.220. The number of rotatable bonds is 10. The number of hydrogen-bond acceptors (Lipinski definition) is 7. The van der Waals surface area contributed by atoms with E-state index in [9.17, 15) is 0 Å². The van der Waals surface area contributed by atoms with Crippen LogP contribution >= 0.6 is 12.2 Å². The van der Waals surface area contributed by atoms with E-state index in [1.165, 1.54) is 43.4 Å². The zero-order valence-electron chi connectivity index (χ0n) is 18.7. The molecule has 0 saturated carbocycles. The van der Waals surface area contributed by atoms with Gasteiger partial charge in [0.15, 0.2) is 5.82 Å². The molecule has 0 bridgehead atoms. The van der Waals surface area contributed by atoms with Crippen LogP contribution in [0.15, 0.2) is 30.6 Å². The first kappa shape index (κ1) is 23.1. The van der Waals surface area contributed by atoms with Crippen LogP contribution in [0.2, 0.25) is 0 Å². The Balaban J connectivity index is 1.30. The zero-order valence-corrected chi connectivity index (χ0v) is 19.5. The molecule has 0 radical (unpaired) electrons. The van der Waals surface area contributed by atoms with Crippen LogP contribution in [0.25, 0.3) is 0 Å². The van der Waals surface area contributed by atoms with Crippen LogP contribution in [0.4, 0.5) is 0 Å². The highest BCUT2D eigenvalue weighted by atomic mass is 32.1. The number of piperidine rings is 2. The van der Waals surface area contributed by atoms with E-state index < -0.39 is 0 Å². The van der Waals surface area contributed by atoms with Crippen LogP contribution in [0.5, 0.6) is 5.75 Å². The summed E-state index contributed by atoms with van der Waals surface area (Å²) < 4.78 is 7.92. The van der Waals surface area contributed by atoms with Gasteiger partial charge in [-0.25, -0.2) is 9.67 Å². The average Bonchev–Trinajstić information content (AvgIpc) is 3.30. The molecular weight excluding hydrogens is 422 g/mol. The summed E-state index contributed by atoms with van der Waals surface area (Å²) in [6, 6.07) is 8.58. The largest absolute Gasteiger partial charge is 0.493 e. The first-order valence-electron chi connectivity index (χ1n) is 11.7. The number of likely N-dealkylation sites (tertiary alicyclic amines) is 1. The molecule has 2 aromatic rings. The van der Waals surface area contributed by atoms with Gasteiger partial charge in [0.1, 0.15) is 18.2 Å². The molecule has 0 aliphatic carbocycles. The van der Waals surface area contributed by atoms with Gasteiger partial charge in [-0.05, 0) is 50.0 Å². The molecular formula is C23H35N7OS. The average molecular weight is 458 g/mol. The van der Waals surface area contributed by atoms with Crippen molar-refractivity contribution in [3.8, 4) is 5.75 Å². The third kappa shape index (κ3) is 6.48. The lowest BCUT2D eigenvalue weighted by Gasteiger charge is -2.26. The summed E-state index contributed by atoms with van der Waals surface area (Å²) in [5, 5.41) is 11.3. The monoisotopic (exact) mass is 457 g/mol. The second-order valence-electron chi connectivity index (χ2n) is 8.86. The van der Waals surface area contributed by atoms with Gasteiger partial charge in [-0.1, -0.05) is 30.8 Å². The fourth-order valence-electron chi connectivity index (χ4n) is 4.57. The summed E-state index contributed by atoms with van der Waals surface area (Å²) in [5.41, 5.74) is 8.92. The second-order valence-corrected chi connectivity index (χ2v) is 9.09. The Hall–Kier alpha value is -2.07. The summed E-state index contributed by atoms with van der Waals surface area (Å²) in [5.74, 6) is 1.98. The van der Waals surface area contributed by atoms with E-state index in [0.717, 1.165) is 37.6 Å². The van der Waals surface area contributed by atoms with Crippen molar-refractivity contribution in [2.24, 2.45) is 5.73 Å². The van der Waals surface area contributed by atoms with Gasteiger partial charge in [0, 0.05) is 38.0 Å². The lowest BCUT2D eigenvalue weighted by Crippen LogP contribution is -2.43. The molecule has 2 fully saturated rings. The molecule has 2 aliphatic rings. The van der Waals surface area contributed by atoms with E-state index in [2.05, 4.69) is 38.7 Å². The molecule has 0 spiro atoms. The molecule has 0 amide bonds. The smallest absolute Gasteiger partial charge is 0.155 e. The van der Waals surface area contributed by atoms with Crippen LogP contribution in [0.3, 0.4) is 0 Å². The molecule has 3 heterocycles. The number of nitrogens with zero attached hydrogens (tertiary/aromatic N) is 4. The first-order chi connectivity index (χ1) is 15.7. The topological polar surface area (TPSA) is 93.3 Å². The Morgan fingerprint density at radius 2 is 2.16 bits per heavy atom. The Kier molecular flexibility index (Phi) is 8.44. The van der Waals surface area contributed by atoms with E-state index >= 15 is 0 Å². The highest BCUT2D eigenvalue weighted by Crippen LogP contribution is 2.21. The predicted molar refractivity (Wildman–Crippen MR) is 130 cm³/mol. The van der Waals surface area contributed by atoms with Crippen molar-refractivity contribution < 1.29 is 4.74 Å². The quantitative estimate of drug-likeness (QED) is 0.468. The molecule has 4 rings (SSSR count). The van der Waals surface area contributed by atoms with Gasteiger partial charge in [0.2, 0.25) is 0 Å². The summed E-state index contributed by atoms with van der Waals surface area (Å²) in [6.07, 6.45) is 7.25. The second kappa shape index (κ2) is 11.7. The summed E-state index contributed by atoms with van der Waals surface area (Å²) >= 11 is 5.04. The fourth-order valence-corrected chi connectivity index (χ4v) is 4.72. The molecule has 3 unspecified atom stereocenters. The van der Waals surface area contributed by atoms with Crippen molar-refractivity contribution in [1.29, 1.82) is 0 Å². The Labute approximate surface area is 195 Å². The number of thiocarbonyl (C=S) groups is 1. The van der Waals surface area contributed by atoms with E-state index in [-0.39, 0.29) is 18.1 Å². The molecule has 174 valence electrons. The normalized spacial score (nSPS) is 22.9. The third-order valence-corrected chi connectivity index (χ3v) is 6.41. The number of nitrogens with two attached hydrogens (primary N) is 1. The molecule has 32 heavy (non-hydrogen) atoms. The highest BCUT2D eigenvalue weighted by Gasteiger charge is 2.24. The standard InChI is InChI=1S/C23H35N7OS/c24-20-12-19(13-25-14-20)23-26-16-30(28-23)22(27-17-32)7-10-31-21-6-4-5-18(11-21)15-29-8-2-1-3-9-29/h4-6,11,16-17,19-20,22,25H,1-3,7-10,12-15,24H2,(H,27,32). The molecule has 4 N–H and O–H groups in total. The minimum absolute atomic E-state index is 0.101. The summed E-state index contributed by atoms with van der Waals surface area (Å²) in [7, 11) is 0. The number of aromatic nitrogens is 3. The molecule has 1 aromatic carbocycles. The van der Waals surface area contributed by atoms with Crippen LogP contribution in [-0.2, 0) is 6.54 Å². The predicted octanol–water partition coefficient (Wildman–Crippen LogP) is 2.18. The van der Waals surface area contributed by atoms with Crippen LogP contribution < -0.4 is 21.1 Å². The number of benzene rings is 1. The molecule has 3 atom stereocenters. The van der Waals surface area contributed by atoms with Gasteiger partial charge in [-0.2, -0.15) is 5.10 Å². The Bertz CT molecular complexity index is 854. The Morgan fingerprint density at radius 3 is 2.97 bits per heavy atom. The maximum absolute atomic E-state index is 6.09. The maximum Gasteiger partial charge on any atom is 0.155 e. The molecule has 2 aliphatic heterocycles. The molecule has 8 nitrogen and oxygen atoms in total. The highest BCUT2D eigenvalue weighted by molar-refractivity contribution is 7.78. The van der Waals surface area contributed by atoms with E-state index in [1.54, 1.807) is 6.33 Å². The van der Waals surface area contributed by atoms with Crippen molar-refractivity contribution in [3.63, 3.8) is 0 Å². The Morgan fingerprint density at radius 1 is 1.28 bits per heavy atom. The van der Waals surface area contributed by atoms with Crippen LogP contribution in [-0.4, -0.2) is 64.0 Å². The van der Waals surface area contributed by atoms with E-state index in [0.29, 0.717) is 13.0 Å². The van der Waals surface area contributed by atoms with Crippen molar-refractivity contribution >= 4 is 17.7 Å². The minimum atomic E-state index is -0.101. The van der Waals surface area contributed by atoms with Crippen molar-refractivity contribution in [3.05, 3.63) is 42.0 Å². The summed E-state index contributed by atoms with van der Waals surface area (Å²) in [6.45, 7) is 5.65. The van der Waals surface area contributed by atoms with E-state index in [4.69, 9.17) is 27.8 Å². The maximum atomic E-state index is 6.09. The number of nitrogens with one attached hydrogen (secondary N) is 2. The van der Waals surface area contributed by atoms with Crippen molar-refractivity contribution in [2.45, 2.75) is 56.8 Å². The molecule has 2 saturated heterocycles. The van der Waals surface area contributed by atoms with Crippen molar-refractivity contribution in [2.75, 3.05) is 32.8 Å².